The first-order valence-electron chi connectivity index (χ1n) is 42.7. The van der Waals surface area contributed by atoms with E-state index in [0.29, 0.717) is 38.5 Å². The van der Waals surface area contributed by atoms with Crippen LogP contribution in [0.4, 0.5) is 0 Å². The predicted octanol–water partition coefficient (Wildman–Crippen LogP) is -9.03. The molecule has 0 aromatic heterocycles. The summed E-state index contributed by atoms with van der Waals surface area (Å²) in [6, 6.07) is 0. The average Bonchev–Trinajstić information content (AvgIpc) is 0.668. The fourth-order valence-corrected chi connectivity index (χ4v) is 22.6. The number of carboxylic acids is 1. The number of hydrogen-bond acceptors (Lipinski definition) is 43. The van der Waals surface area contributed by atoms with Crippen LogP contribution in [-0.4, -0.2) is 433 Å². The Morgan fingerprint density at radius 2 is 0.887 bits per heavy atom. The largest absolute Gasteiger partial charge is 0.479 e. The Balaban J connectivity index is 0.724. The number of fused-ring (bicyclic) bond motifs is 7. The first kappa shape index (κ1) is 96.8. The molecule has 9 saturated heterocycles. The number of aliphatic hydroxyl groups is 22. The highest BCUT2D eigenvalue weighted by molar-refractivity contribution is 5.80. The molecule has 0 unspecified atom stereocenters. The van der Waals surface area contributed by atoms with Gasteiger partial charge in [0.1, 0.15) is 177 Å². The fraction of sp³-hybridized carbons (Fsp3) is 0.938. The van der Waals surface area contributed by atoms with E-state index in [2.05, 4.69) is 26.8 Å². The summed E-state index contributed by atoms with van der Waals surface area (Å²) in [5.74, 6) is -4.44. The molecule has 0 radical (unpaired) electrons. The number of ether oxygens (including phenoxy) is 18. The van der Waals surface area contributed by atoms with Gasteiger partial charge in [0.15, 0.2) is 62.5 Å². The number of allylic oxidation sites excluding steroid dienone is 2. The SMILES string of the molecule is C[C@@H]1O[C@@H](O[C@H]2[C@H](OC(=O)[C@]34CCC(C)(C)C[C@H]3C3=CC[C@@H]5[C@@]6(C)CC[C@H](O[C@@H]7O[C@H](C(=O)O)[C@@H](O)[C@H](O[C@@H]8OC[C@H](O)[C@H](O)[C@H]8O)[C@H]7O[C@@H]7O[C@H](CO)[C@H](O[C@@H]8OC[C@@H](O)[C@H](O)[C@H]8O)[C@H](O)[C@H]7O)[C@@](C)(C=O)[C@@H]6CC[C@@]5(C)[C@]3(C)C[C@H]4O)O[C@H](C)[C@H](O[C@@H]3O[C@H](C)[C@@H](O)[C@H](O)[C@H]3O)[C@@H]2O)[C@H](O)[C@H](O)[C@H]1O[C@@H]1OC[C@@H](O)[C@H](O[C@@H]2OC[C@@H](O)[C@H](O)[C@H]2O)[C@H]1O. The number of esters is 1. The van der Waals surface area contributed by atoms with E-state index >= 15 is 4.79 Å². The van der Waals surface area contributed by atoms with E-state index in [1.54, 1.807) is 6.92 Å². The van der Waals surface area contributed by atoms with Gasteiger partial charge in [-0.15, -0.1) is 0 Å². The normalized spacial score (nSPS) is 55.4. The summed E-state index contributed by atoms with van der Waals surface area (Å²) in [5, 5.41) is 257. The van der Waals surface area contributed by atoms with Crippen molar-refractivity contribution >= 4 is 18.2 Å². The number of rotatable bonds is 21. The maximum Gasteiger partial charge on any atom is 0.335 e. The molecule has 0 aromatic rings. The van der Waals surface area contributed by atoms with Gasteiger partial charge in [-0.1, -0.05) is 53.2 Å². The minimum atomic E-state index is -2.31. The van der Waals surface area contributed by atoms with Gasteiger partial charge in [0.2, 0.25) is 6.29 Å². The average molecular weight is 1790 g/mol. The summed E-state index contributed by atoms with van der Waals surface area (Å²) in [5.41, 5.74) is -5.44. The zero-order valence-corrected chi connectivity index (χ0v) is 70.0. The third-order valence-corrected chi connectivity index (χ3v) is 30.2. The third-order valence-electron chi connectivity index (χ3n) is 30.2. The lowest BCUT2D eigenvalue weighted by Crippen LogP contribution is -2.69. The van der Waals surface area contributed by atoms with E-state index in [1.165, 1.54) is 20.8 Å². The van der Waals surface area contributed by atoms with E-state index in [4.69, 9.17) is 85.3 Å². The summed E-state index contributed by atoms with van der Waals surface area (Å²) in [4.78, 5) is 43.9. The molecule has 0 amide bonds. The molecular formula is C80H126O44. The van der Waals surface area contributed by atoms with Crippen molar-refractivity contribution in [1.29, 1.82) is 0 Å². The monoisotopic (exact) mass is 1790 g/mol. The van der Waals surface area contributed by atoms with Gasteiger partial charge in [-0.05, 0) is 118 Å². The molecule has 14 aliphatic rings. The first-order valence-corrected chi connectivity index (χ1v) is 42.7. The van der Waals surface area contributed by atoms with Crippen LogP contribution in [0.5, 0.6) is 0 Å². The lowest BCUT2D eigenvalue weighted by molar-refractivity contribution is -0.398. The molecule has 0 aromatic carbocycles. The van der Waals surface area contributed by atoms with Gasteiger partial charge in [0.25, 0.3) is 0 Å². The highest BCUT2D eigenvalue weighted by Crippen LogP contribution is 2.76. The van der Waals surface area contributed by atoms with Gasteiger partial charge in [-0.25, -0.2) is 4.79 Å². The summed E-state index contributed by atoms with van der Waals surface area (Å²) in [7, 11) is 0. The van der Waals surface area contributed by atoms with Crippen LogP contribution in [0.25, 0.3) is 0 Å². The molecule has 124 heavy (non-hydrogen) atoms. The molecule has 5 aliphatic carbocycles. The van der Waals surface area contributed by atoms with Crippen LogP contribution in [0.1, 0.15) is 120 Å². The second-order valence-electron chi connectivity index (χ2n) is 38.3. The van der Waals surface area contributed by atoms with E-state index in [0.717, 1.165) is 11.9 Å². The maximum atomic E-state index is 16.2. The van der Waals surface area contributed by atoms with E-state index in [-0.39, 0.29) is 25.2 Å². The van der Waals surface area contributed by atoms with Gasteiger partial charge in [0.05, 0.1) is 69.0 Å². The van der Waals surface area contributed by atoms with Crippen molar-refractivity contribution < 1.29 is 217 Å². The van der Waals surface area contributed by atoms with Crippen LogP contribution in [0, 0.1) is 50.2 Å². The number of carboxylic acid groups (broad SMARTS) is 1. The van der Waals surface area contributed by atoms with E-state index in [9.17, 15) is 127 Å². The Bertz CT molecular complexity index is 3680. The fourth-order valence-electron chi connectivity index (χ4n) is 22.6. The van der Waals surface area contributed by atoms with Crippen molar-refractivity contribution in [2.24, 2.45) is 50.2 Å². The quantitative estimate of drug-likeness (QED) is 0.0220. The number of aliphatic carboxylic acids is 1. The predicted molar refractivity (Wildman–Crippen MR) is 400 cm³/mol. The standard InChI is InChI=1S/C80H126O44/c1-26-40(88)44(92)50(98)69(111-26)117-57-28(3)113-72(62(53(57)101)122-70-51(99)45(93)56(27(2)112-70)116-68-55(103)58(34(86)24-110-68)118-65-47(95)41(89)31(83)21-107-65)124-74(106)80-17-16-75(4,5)18-30(80)29-10-11-37-76(6)14-13-39(77(7,25-82)36(76)12-15-78(37,8)79(29,9)19-38(80)87)115-73-63(60(54(102)61(121-73)64(104)105)120-67-49(97)43(91)33(85)23-109-67)123-71-52(100)46(94)59(35(20-81)114-71)119-66-48(96)42(90)32(84)22-108-66/h10,25-28,30-63,65-73,81,83-103H,11-24H2,1-9H3,(H,104,105)/t26-,27+,28-,30+,31-,32-,33+,34-,35-,36-,37-,38-,39+,40-,41+,42+,43+,44+,45+,46-,47-,48-,49-,50-,51-,52-,53+,54+,55-,56+,57+,58+,59+,60+,61+,62-,63-,65+,66+,67+,68+,69+,70+,71+,72+,73-,76+,77+,78-,79-,80-/m1/s1. The second kappa shape index (κ2) is 37.0. The molecule has 0 bridgehead atoms. The molecule has 23 N–H and O–H groups in total. The molecule has 44 heteroatoms. The summed E-state index contributed by atoms with van der Waals surface area (Å²) < 4.78 is 108. The lowest BCUT2D eigenvalue weighted by atomic mass is 9.33. The third kappa shape index (κ3) is 17.1. The lowest BCUT2D eigenvalue weighted by Gasteiger charge is -2.71. The topological polar surface area (TPSA) is 683 Å². The van der Waals surface area contributed by atoms with Gasteiger partial charge in [0, 0.05) is 0 Å². The minimum Gasteiger partial charge on any atom is -0.479 e. The first-order chi connectivity index (χ1) is 58.2. The van der Waals surface area contributed by atoms with Crippen molar-refractivity contribution in [3.63, 3.8) is 0 Å². The van der Waals surface area contributed by atoms with Crippen molar-refractivity contribution in [3.8, 4) is 0 Å². The van der Waals surface area contributed by atoms with E-state index < -0.39 is 353 Å². The summed E-state index contributed by atoms with van der Waals surface area (Å²) in [6.45, 7) is 12.9. The Hall–Kier alpha value is -3.21. The van der Waals surface area contributed by atoms with Crippen LogP contribution in [0.15, 0.2) is 11.6 Å². The van der Waals surface area contributed by atoms with Crippen LogP contribution in [-0.2, 0) is 99.6 Å². The zero-order valence-electron chi connectivity index (χ0n) is 70.0. The Labute approximate surface area is 712 Å². The van der Waals surface area contributed by atoms with Crippen LogP contribution < -0.4 is 0 Å². The van der Waals surface area contributed by atoms with Crippen LogP contribution >= 0.6 is 0 Å². The number of aldehydes is 1. The Kier molecular flexibility index (Phi) is 28.9. The van der Waals surface area contributed by atoms with Gasteiger partial charge >= 0.3 is 11.9 Å². The number of aliphatic hydroxyl groups excluding tert-OH is 22. The molecule has 44 nitrogen and oxygen atoms in total. The van der Waals surface area contributed by atoms with Gasteiger partial charge in [-0.3, -0.25) is 4.79 Å². The number of hydrogen-bond donors (Lipinski definition) is 23. The highest BCUT2D eigenvalue weighted by atomic mass is 16.8. The highest BCUT2D eigenvalue weighted by Gasteiger charge is 2.74. The summed E-state index contributed by atoms with van der Waals surface area (Å²) in [6.07, 6.45) is -73.1. The number of carbonyl (C=O) groups is 3. The van der Waals surface area contributed by atoms with Gasteiger partial charge < -0.3 is 208 Å². The molecule has 4 saturated carbocycles. The molecule has 13 fully saturated rings. The van der Waals surface area contributed by atoms with Crippen molar-refractivity contribution in [2.75, 3.05) is 33.0 Å². The molecule has 9 heterocycles. The summed E-state index contributed by atoms with van der Waals surface area (Å²) >= 11 is 0. The van der Waals surface area contributed by atoms with Crippen molar-refractivity contribution in [1.82, 2.24) is 0 Å². The smallest absolute Gasteiger partial charge is 0.335 e. The Morgan fingerprint density at radius 1 is 0.419 bits per heavy atom. The van der Waals surface area contributed by atoms with Crippen molar-refractivity contribution in [2.45, 2.75) is 384 Å². The zero-order chi connectivity index (χ0) is 90.3. The molecular weight excluding hydrogens is 1660 g/mol. The van der Waals surface area contributed by atoms with Crippen molar-refractivity contribution in [3.05, 3.63) is 11.6 Å². The molecule has 0 spiro atoms. The molecule has 710 valence electrons. The molecule has 9 aliphatic heterocycles. The van der Waals surface area contributed by atoms with Gasteiger partial charge in [-0.2, -0.15) is 0 Å². The van der Waals surface area contributed by atoms with Crippen LogP contribution in [0.2, 0.25) is 0 Å². The maximum absolute atomic E-state index is 16.2. The second-order valence-corrected chi connectivity index (χ2v) is 38.3. The number of carbonyl (C=O) groups excluding carboxylic acids is 2. The molecule has 51 atom stereocenters. The van der Waals surface area contributed by atoms with E-state index in [1.807, 2.05) is 13.8 Å². The Morgan fingerprint density at radius 3 is 1.45 bits per heavy atom. The van der Waals surface area contributed by atoms with Crippen LogP contribution in [0.3, 0.4) is 0 Å². The minimum absolute atomic E-state index is 0.0192. The molecule has 14 rings (SSSR count).